The first kappa shape index (κ1) is 18.6. The maximum Gasteiger partial charge on any atom is 0.229 e. The SMILES string of the molecule is N#Cc1ccnc(N2CCC3(CCCN(Cc4c[nH]c5ccccc45)C3=O)CC2)n1. The lowest BCUT2D eigenvalue weighted by Crippen LogP contribution is -2.53. The summed E-state index contributed by atoms with van der Waals surface area (Å²) in [7, 11) is 0. The third-order valence-corrected chi connectivity index (χ3v) is 6.62. The Morgan fingerprint density at radius 3 is 2.80 bits per heavy atom. The second-order valence-electron chi connectivity index (χ2n) is 8.31. The number of amides is 1. The van der Waals surface area contributed by atoms with Crippen LogP contribution < -0.4 is 4.90 Å². The predicted molar refractivity (Wildman–Crippen MR) is 114 cm³/mol. The van der Waals surface area contributed by atoms with Crippen molar-refractivity contribution in [2.75, 3.05) is 24.5 Å². The zero-order valence-corrected chi connectivity index (χ0v) is 16.8. The molecule has 0 atom stereocenters. The smallest absolute Gasteiger partial charge is 0.229 e. The molecule has 0 unspecified atom stereocenters. The molecule has 2 aromatic heterocycles. The molecular formula is C23H24N6O. The molecule has 2 saturated heterocycles. The summed E-state index contributed by atoms with van der Waals surface area (Å²) in [4.78, 5) is 29.6. The Morgan fingerprint density at radius 2 is 1.97 bits per heavy atom. The minimum Gasteiger partial charge on any atom is -0.361 e. The normalized spacial score (nSPS) is 18.7. The largest absolute Gasteiger partial charge is 0.361 e. The number of carbonyl (C=O) groups excluding carboxylic acids is 1. The second kappa shape index (κ2) is 7.45. The quantitative estimate of drug-likeness (QED) is 0.729. The molecule has 0 radical (unpaired) electrons. The number of hydrogen-bond donors (Lipinski definition) is 1. The number of hydrogen-bond acceptors (Lipinski definition) is 5. The minimum absolute atomic E-state index is 0.283. The van der Waals surface area contributed by atoms with E-state index in [9.17, 15) is 4.79 Å². The number of benzene rings is 1. The summed E-state index contributed by atoms with van der Waals surface area (Å²) in [5.74, 6) is 0.869. The van der Waals surface area contributed by atoms with Gasteiger partial charge in [-0.15, -0.1) is 0 Å². The molecule has 4 heterocycles. The molecule has 152 valence electrons. The number of nitrogens with one attached hydrogen (secondary N) is 1. The van der Waals surface area contributed by atoms with Crippen molar-refractivity contribution in [3.05, 3.63) is 54.0 Å². The van der Waals surface area contributed by atoms with Crippen LogP contribution in [-0.4, -0.2) is 45.4 Å². The van der Waals surface area contributed by atoms with Gasteiger partial charge in [0.05, 0.1) is 5.41 Å². The summed E-state index contributed by atoms with van der Waals surface area (Å²) in [6, 6.07) is 11.9. The van der Waals surface area contributed by atoms with E-state index >= 15 is 0 Å². The van der Waals surface area contributed by atoms with Crippen LogP contribution in [0.2, 0.25) is 0 Å². The number of aromatic nitrogens is 3. The highest BCUT2D eigenvalue weighted by Crippen LogP contribution is 2.42. The van der Waals surface area contributed by atoms with Crippen molar-refractivity contribution in [3.8, 4) is 6.07 Å². The van der Waals surface area contributed by atoms with Crippen LogP contribution in [0.15, 0.2) is 42.7 Å². The molecule has 1 aromatic carbocycles. The first-order chi connectivity index (χ1) is 14.7. The number of carbonyl (C=O) groups is 1. The number of nitriles is 1. The molecule has 2 aliphatic heterocycles. The summed E-state index contributed by atoms with van der Waals surface area (Å²) in [6.45, 7) is 2.95. The molecule has 7 nitrogen and oxygen atoms in total. The third kappa shape index (κ3) is 3.18. The van der Waals surface area contributed by atoms with Crippen molar-refractivity contribution in [1.29, 1.82) is 5.26 Å². The number of likely N-dealkylation sites (tertiary alicyclic amines) is 1. The van der Waals surface area contributed by atoms with Crippen molar-refractivity contribution in [2.24, 2.45) is 5.41 Å². The summed E-state index contributed by atoms with van der Waals surface area (Å²) in [5, 5.41) is 10.3. The Bertz CT molecular complexity index is 1120. The Kier molecular flexibility index (Phi) is 4.62. The molecule has 1 amide bonds. The number of aromatic amines is 1. The average molecular weight is 400 g/mol. The Balaban J connectivity index is 1.31. The van der Waals surface area contributed by atoms with Gasteiger partial charge in [0.15, 0.2) is 0 Å². The van der Waals surface area contributed by atoms with Crippen LogP contribution in [-0.2, 0) is 11.3 Å². The Morgan fingerprint density at radius 1 is 1.13 bits per heavy atom. The standard InChI is InChI=1S/C23H24N6O/c24-14-18-6-10-25-22(27-18)28-12-8-23(9-13-28)7-3-11-29(21(23)30)16-17-15-26-20-5-2-1-4-19(17)20/h1-2,4-6,10,15,26H,3,7-9,11-13,16H2. The van der Waals surface area contributed by atoms with E-state index in [1.54, 1.807) is 12.3 Å². The summed E-state index contributed by atoms with van der Waals surface area (Å²) < 4.78 is 0. The topological polar surface area (TPSA) is 88.9 Å². The van der Waals surface area contributed by atoms with E-state index in [1.165, 1.54) is 10.9 Å². The second-order valence-corrected chi connectivity index (χ2v) is 8.31. The monoisotopic (exact) mass is 400 g/mol. The highest BCUT2D eigenvalue weighted by molar-refractivity contribution is 5.86. The van der Waals surface area contributed by atoms with Gasteiger partial charge < -0.3 is 14.8 Å². The van der Waals surface area contributed by atoms with Crippen LogP contribution in [0, 0.1) is 16.7 Å². The lowest BCUT2D eigenvalue weighted by molar-refractivity contribution is -0.148. The highest BCUT2D eigenvalue weighted by atomic mass is 16.2. The predicted octanol–water partition coefficient (Wildman–Crippen LogP) is 3.24. The number of piperidine rings is 2. The van der Waals surface area contributed by atoms with Crippen molar-refractivity contribution < 1.29 is 4.79 Å². The Labute approximate surface area is 175 Å². The summed E-state index contributed by atoms with van der Waals surface area (Å²) in [5.41, 5.74) is 2.38. The number of anilines is 1. The molecular weight excluding hydrogens is 376 g/mol. The van der Waals surface area contributed by atoms with Crippen LogP contribution >= 0.6 is 0 Å². The summed E-state index contributed by atoms with van der Waals surface area (Å²) >= 11 is 0. The zero-order chi connectivity index (χ0) is 20.6. The van der Waals surface area contributed by atoms with E-state index < -0.39 is 0 Å². The maximum absolute atomic E-state index is 13.5. The van der Waals surface area contributed by atoms with E-state index in [0.29, 0.717) is 18.2 Å². The van der Waals surface area contributed by atoms with Gasteiger partial charge in [-0.3, -0.25) is 4.79 Å². The van der Waals surface area contributed by atoms with Crippen LogP contribution in [0.4, 0.5) is 5.95 Å². The highest BCUT2D eigenvalue weighted by Gasteiger charge is 2.46. The van der Waals surface area contributed by atoms with Crippen molar-refractivity contribution in [3.63, 3.8) is 0 Å². The van der Waals surface area contributed by atoms with E-state index in [0.717, 1.165) is 50.8 Å². The van der Waals surface area contributed by atoms with Crippen LogP contribution in [0.5, 0.6) is 0 Å². The molecule has 2 fully saturated rings. The molecule has 0 aliphatic carbocycles. The van der Waals surface area contributed by atoms with E-state index in [2.05, 4.69) is 38.1 Å². The maximum atomic E-state index is 13.5. The summed E-state index contributed by atoms with van der Waals surface area (Å²) in [6.07, 6.45) is 7.24. The van der Waals surface area contributed by atoms with E-state index in [-0.39, 0.29) is 11.3 Å². The van der Waals surface area contributed by atoms with Gasteiger partial charge in [0.25, 0.3) is 0 Å². The molecule has 3 aromatic rings. The third-order valence-electron chi connectivity index (χ3n) is 6.62. The molecule has 0 saturated carbocycles. The van der Waals surface area contributed by atoms with Gasteiger partial charge in [-0.1, -0.05) is 18.2 Å². The lowest BCUT2D eigenvalue weighted by Gasteiger charge is -2.46. The van der Waals surface area contributed by atoms with Gasteiger partial charge in [0.1, 0.15) is 11.8 Å². The molecule has 0 bridgehead atoms. The molecule has 7 heteroatoms. The minimum atomic E-state index is -0.284. The van der Waals surface area contributed by atoms with Crippen LogP contribution in [0.3, 0.4) is 0 Å². The molecule has 5 rings (SSSR count). The van der Waals surface area contributed by atoms with Crippen LogP contribution in [0.1, 0.15) is 36.9 Å². The fourth-order valence-electron chi connectivity index (χ4n) is 4.93. The molecule has 1 spiro atoms. The number of fused-ring (bicyclic) bond motifs is 1. The number of rotatable bonds is 3. The average Bonchev–Trinajstić information content (AvgIpc) is 3.20. The first-order valence-electron chi connectivity index (χ1n) is 10.5. The van der Waals surface area contributed by atoms with Gasteiger partial charge >= 0.3 is 0 Å². The van der Waals surface area contributed by atoms with E-state index in [1.807, 2.05) is 23.2 Å². The van der Waals surface area contributed by atoms with Crippen molar-refractivity contribution in [2.45, 2.75) is 32.2 Å². The van der Waals surface area contributed by atoms with Crippen molar-refractivity contribution in [1.82, 2.24) is 19.9 Å². The van der Waals surface area contributed by atoms with Crippen molar-refractivity contribution >= 4 is 22.8 Å². The number of para-hydroxylation sites is 1. The van der Waals surface area contributed by atoms with Gasteiger partial charge in [-0.05, 0) is 43.4 Å². The van der Waals surface area contributed by atoms with Crippen LogP contribution in [0.25, 0.3) is 10.9 Å². The van der Waals surface area contributed by atoms with Gasteiger partial charge in [-0.25, -0.2) is 9.97 Å². The Hall–Kier alpha value is -3.40. The number of nitrogens with zero attached hydrogens (tertiary/aromatic N) is 5. The molecule has 1 N–H and O–H groups in total. The van der Waals surface area contributed by atoms with Gasteiger partial charge in [-0.2, -0.15) is 5.26 Å². The zero-order valence-electron chi connectivity index (χ0n) is 16.8. The molecule has 2 aliphatic rings. The van der Waals surface area contributed by atoms with E-state index in [4.69, 9.17) is 5.26 Å². The number of H-pyrrole nitrogens is 1. The first-order valence-corrected chi connectivity index (χ1v) is 10.5. The lowest BCUT2D eigenvalue weighted by atomic mass is 9.71. The van der Waals surface area contributed by atoms with Gasteiger partial charge in [0, 0.05) is 49.5 Å². The molecule has 30 heavy (non-hydrogen) atoms. The van der Waals surface area contributed by atoms with Gasteiger partial charge in [0.2, 0.25) is 11.9 Å². The fourth-order valence-corrected chi connectivity index (χ4v) is 4.93. The fraction of sp³-hybridized carbons (Fsp3) is 0.391.